The third-order valence-electron chi connectivity index (χ3n) is 3.00. The molecule has 0 aromatic heterocycles. The fourth-order valence-corrected chi connectivity index (χ4v) is 3.65. The highest BCUT2D eigenvalue weighted by molar-refractivity contribution is 7.89. The van der Waals surface area contributed by atoms with Crippen molar-refractivity contribution >= 4 is 21.6 Å². The Kier molecular flexibility index (Phi) is 4.14. The van der Waals surface area contributed by atoms with Gasteiger partial charge in [0, 0.05) is 24.5 Å². The van der Waals surface area contributed by atoms with Gasteiger partial charge in [0.25, 0.3) is 0 Å². The molecule has 4 nitrogen and oxygen atoms in total. The molecule has 1 aliphatic rings. The van der Waals surface area contributed by atoms with E-state index in [9.17, 15) is 8.42 Å². The van der Waals surface area contributed by atoms with E-state index >= 15 is 0 Å². The molecule has 0 radical (unpaired) electrons. The minimum Gasteiger partial charge on any atom is -0.492 e. The lowest BCUT2D eigenvalue weighted by Crippen LogP contribution is -2.39. The Balaban J connectivity index is 2.28. The molecule has 1 heterocycles. The molecule has 6 heteroatoms. The highest BCUT2D eigenvalue weighted by Crippen LogP contribution is 2.25. The van der Waals surface area contributed by atoms with Crippen LogP contribution in [0.2, 0.25) is 0 Å². The topological polar surface area (TPSA) is 46.6 Å². The van der Waals surface area contributed by atoms with E-state index in [-0.39, 0.29) is 5.88 Å². The molecule has 1 unspecified atom stereocenters. The highest BCUT2D eigenvalue weighted by Gasteiger charge is 2.30. The smallest absolute Gasteiger partial charge is 0.218 e. The Labute approximate surface area is 113 Å². The number of sulfonamides is 1. The summed E-state index contributed by atoms with van der Waals surface area (Å²) in [5.41, 5.74) is 0.889. The maximum Gasteiger partial charge on any atom is 0.218 e. The van der Waals surface area contributed by atoms with E-state index in [4.69, 9.17) is 16.3 Å². The van der Waals surface area contributed by atoms with E-state index in [1.165, 1.54) is 4.31 Å². The van der Waals surface area contributed by atoms with Crippen LogP contribution < -0.4 is 4.74 Å². The molecule has 1 aliphatic heterocycles. The van der Waals surface area contributed by atoms with Crippen molar-refractivity contribution in [2.45, 2.75) is 18.7 Å². The van der Waals surface area contributed by atoms with Crippen molar-refractivity contribution in [3.8, 4) is 5.75 Å². The van der Waals surface area contributed by atoms with Crippen LogP contribution in [0.15, 0.2) is 24.3 Å². The first kappa shape index (κ1) is 13.6. The van der Waals surface area contributed by atoms with Crippen LogP contribution >= 0.6 is 11.6 Å². The van der Waals surface area contributed by atoms with E-state index in [0.717, 1.165) is 11.3 Å². The van der Waals surface area contributed by atoms with Gasteiger partial charge in [0.15, 0.2) is 0 Å². The van der Waals surface area contributed by atoms with Crippen LogP contribution in [0.1, 0.15) is 12.5 Å². The molecular weight excluding hydrogens is 274 g/mol. The number of hydrogen-bond acceptors (Lipinski definition) is 3. The van der Waals surface area contributed by atoms with E-state index < -0.39 is 15.3 Å². The summed E-state index contributed by atoms with van der Waals surface area (Å²) < 4.78 is 31.5. The monoisotopic (exact) mass is 289 g/mol. The highest BCUT2D eigenvalue weighted by atomic mass is 35.5. The summed E-state index contributed by atoms with van der Waals surface area (Å²) in [7, 11) is -3.36. The van der Waals surface area contributed by atoms with Gasteiger partial charge < -0.3 is 4.74 Å². The van der Waals surface area contributed by atoms with Crippen molar-refractivity contribution in [3.05, 3.63) is 29.8 Å². The van der Waals surface area contributed by atoms with Crippen molar-refractivity contribution in [1.82, 2.24) is 4.31 Å². The van der Waals surface area contributed by atoms with Crippen LogP contribution in [0.4, 0.5) is 0 Å². The Morgan fingerprint density at radius 2 is 2.17 bits per heavy atom. The fourth-order valence-electron chi connectivity index (χ4n) is 1.85. The van der Waals surface area contributed by atoms with Gasteiger partial charge in [-0.05, 0) is 13.0 Å². The maximum atomic E-state index is 12.3. The number of ether oxygens (including phenoxy) is 1. The molecule has 0 bridgehead atoms. The summed E-state index contributed by atoms with van der Waals surface area (Å²) in [6.45, 7) is 2.70. The summed E-state index contributed by atoms with van der Waals surface area (Å²) in [6.07, 6.45) is 0. The molecule has 0 saturated carbocycles. The number of benzene rings is 1. The molecule has 0 saturated heterocycles. The Morgan fingerprint density at radius 3 is 2.89 bits per heavy atom. The van der Waals surface area contributed by atoms with Crippen LogP contribution in [0.5, 0.6) is 5.75 Å². The lowest BCUT2D eigenvalue weighted by Gasteiger charge is -2.22. The van der Waals surface area contributed by atoms with Crippen molar-refractivity contribution in [2.75, 3.05) is 19.0 Å². The lowest BCUT2D eigenvalue weighted by atomic mass is 10.2. The molecule has 100 valence electrons. The number of hydrogen-bond donors (Lipinski definition) is 0. The summed E-state index contributed by atoms with van der Waals surface area (Å²) >= 11 is 5.66. The van der Waals surface area contributed by atoms with Crippen molar-refractivity contribution in [2.24, 2.45) is 0 Å². The van der Waals surface area contributed by atoms with Gasteiger partial charge >= 0.3 is 0 Å². The van der Waals surface area contributed by atoms with Crippen molar-refractivity contribution in [1.29, 1.82) is 0 Å². The van der Waals surface area contributed by atoms with E-state index in [1.807, 2.05) is 24.3 Å². The SMILES string of the molecule is CC(CCl)S(=O)(=O)N1CCOc2ccccc2C1. The summed E-state index contributed by atoms with van der Waals surface area (Å²) in [4.78, 5) is 0. The van der Waals surface area contributed by atoms with E-state index in [0.29, 0.717) is 19.7 Å². The van der Waals surface area contributed by atoms with Gasteiger partial charge in [0.2, 0.25) is 10.0 Å². The molecule has 0 fully saturated rings. The van der Waals surface area contributed by atoms with Crippen LogP contribution in [-0.4, -0.2) is 37.0 Å². The summed E-state index contributed by atoms with van der Waals surface area (Å²) in [5.74, 6) is 0.857. The lowest BCUT2D eigenvalue weighted by molar-refractivity contribution is 0.292. The molecular formula is C12H16ClNO3S. The number of halogens is 1. The largest absolute Gasteiger partial charge is 0.492 e. The number of para-hydroxylation sites is 1. The average Bonchev–Trinajstić information content (AvgIpc) is 2.60. The van der Waals surface area contributed by atoms with Crippen LogP contribution in [0.3, 0.4) is 0 Å². The Bertz CT molecular complexity index is 518. The predicted octanol–water partition coefficient (Wildman–Crippen LogP) is 1.84. The number of nitrogens with zero attached hydrogens (tertiary/aromatic N) is 1. The zero-order valence-electron chi connectivity index (χ0n) is 10.2. The maximum absolute atomic E-state index is 12.3. The first-order valence-corrected chi connectivity index (χ1v) is 7.85. The van der Waals surface area contributed by atoms with Gasteiger partial charge in [-0.15, -0.1) is 11.6 Å². The van der Waals surface area contributed by atoms with Crippen LogP contribution in [0.25, 0.3) is 0 Å². The standard InChI is InChI=1S/C12H16ClNO3S/c1-10(8-13)18(15,16)14-6-7-17-12-5-3-2-4-11(12)9-14/h2-5,10H,6-9H2,1H3. The molecule has 1 aromatic carbocycles. The molecule has 1 aromatic rings. The van der Waals surface area contributed by atoms with Crippen molar-refractivity contribution < 1.29 is 13.2 Å². The summed E-state index contributed by atoms with van der Waals surface area (Å²) in [5, 5.41) is -0.579. The molecule has 0 N–H and O–H groups in total. The normalized spacial score (nSPS) is 18.6. The molecule has 18 heavy (non-hydrogen) atoms. The molecule has 0 spiro atoms. The van der Waals surface area contributed by atoms with E-state index in [2.05, 4.69) is 0 Å². The van der Waals surface area contributed by atoms with Gasteiger partial charge in [-0.1, -0.05) is 18.2 Å². The Morgan fingerprint density at radius 1 is 1.44 bits per heavy atom. The minimum absolute atomic E-state index is 0.0985. The molecule has 2 rings (SSSR count). The third-order valence-corrected chi connectivity index (χ3v) is 5.86. The quantitative estimate of drug-likeness (QED) is 0.798. The van der Waals surface area contributed by atoms with Gasteiger partial charge in [0.1, 0.15) is 12.4 Å². The van der Waals surface area contributed by atoms with Crippen LogP contribution in [0, 0.1) is 0 Å². The number of rotatable bonds is 3. The second-order valence-electron chi connectivity index (χ2n) is 4.30. The van der Waals surface area contributed by atoms with Crippen molar-refractivity contribution in [3.63, 3.8) is 0 Å². The molecule has 1 atom stereocenters. The van der Waals surface area contributed by atoms with Gasteiger partial charge in [-0.25, -0.2) is 8.42 Å². The zero-order valence-corrected chi connectivity index (χ0v) is 11.7. The van der Waals surface area contributed by atoms with Gasteiger partial charge in [-0.2, -0.15) is 4.31 Å². The summed E-state index contributed by atoms with van der Waals surface area (Å²) in [6, 6.07) is 7.50. The Hall–Kier alpha value is -0.780. The molecule has 0 aliphatic carbocycles. The molecule has 0 amide bonds. The van der Waals surface area contributed by atoms with Crippen LogP contribution in [-0.2, 0) is 16.6 Å². The van der Waals surface area contributed by atoms with Gasteiger partial charge in [-0.3, -0.25) is 0 Å². The number of fused-ring (bicyclic) bond motifs is 1. The third kappa shape index (κ3) is 2.63. The second-order valence-corrected chi connectivity index (χ2v) is 6.96. The predicted molar refractivity (Wildman–Crippen MR) is 71.4 cm³/mol. The first-order chi connectivity index (χ1) is 8.55. The zero-order chi connectivity index (χ0) is 13.2. The van der Waals surface area contributed by atoms with Gasteiger partial charge in [0.05, 0.1) is 5.25 Å². The fraction of sp³-hybridized carbons (Fsp3) is 0.500. The first-order valence-electron chi connectivity index (χ1n) is 5.81. The minimum atomic E-state index is -3.36. The second kappa shape index (κ2) is 5.47. The number of alkyl halides is 1. The van der Waals surface area contributed by atoms with E-state index in [1.54, 1.807) is 6.92 Å². The average molecular weight is 290 g/mol.